The van der Waals surface area contributed by atoms with Crippen molar-refractivity contribution in [2.45, 2.75) is 19.9 Å². The topological polar surface area (TPSA) is 44.8 Å². The number of piperazine rings is 1. The molecule has 0 aromatic heterocycles. The summed E-state index contributed by atoms with van der Waals surface area (Å²) in [6, 6.07) is 0.353. The maximum Gasteiger partial charge on any atom is 0.320 e. The molecule has 0 bridgehead atoms. The minimum Gasteiger partial charge on any atom is -0.383 e. The van der Waals surface area contributed by atoms with Crippen LogP contribution in [0.25, 0.3) is 0 Å². The van der Waals surface area contributed by atoms with Gasteiger partial charge in [0.25, 0.3) is 0 Å². The summed E-state index contributed by atoms with van der Waals surface area (Å²) in [4.78, 5) is 16.0. The Morgan fingerprint density at radius 3 is 2.56 bits per heavy atom. The molecule has 0 aliphatic carbocycles. The van der Waals surface area contributed by atoms with Gasteiger partial charge >= 0.3 is 6.03 Å². The number of hydrogen-bond donors (Lipinski definition) is 1. The molecule has 1 rings (SSSR count). The summed E-state index contributed by atoms with van der Waals surface area (Å²) in [5.74, 6) is 0. The molecular weight excluding hydrogens is 206 g/mol. The summed E-state index contributed by atoms with van der Waals surface area (Å²) in [7, 11) is 1.66. The molecule has 2 amide bonds. The monoisotopic (exact) mass is 229 g/mol. The third-order valence-corrected chi connectivity index (χ3v) is 2.79. The summed E-state index contributed by atoms with van der Waals surface area (Å²) < 4.78 is 5.04. The van der Waals surface area contributed by atoms with Gasteiger partial charge < -0.3 is 19.9 Å². The Balaban J connectivity index is 2.51. The van der Waals surface area contributed by atoms with Crippen LogP contribution in [-0.2, 0) is 4.74 Å². The minimum atomic E-state index is 0.133. The lowest BCUT2D eigenvalue weighted by molar-refractivity contribution is 0.108. The van der Waals surface area contributed by atoms with E-state index in [-0.39, 0.29) is 12.1 Å². The van der Waals surface area contributed by atoms with Crippen molar-refractivity contribution < 1.29 is 9.53 Å². The van der Waals surface area contributed by atoms with Crippen molar-refractivity contribution in [1.82, 2.24) is 15.1 Å². The number of nitrogens with one attached hydrogen (secondary N) is 1. The predicted octanol–water partition coefficient (Wildman–Crippen LogP) is 0.368. The van der Waals surface area contributed by atoms with Gasteiger partial charge in [-0.1, -0.05) is 0 Å². The van der Waals surface area contributed by atoms with Crippen LogP contribution < -0.4 is 5.32 Å². The smallest absolute Gasteiger partial charge is 0.320 e. The van der Waals surface area contributed by atoms with Gasteiger partial charge in [-0.05, 0) is 13.8 Å². The predicted molar refractivity (Wildman–Crippen MR) is 63.6 cm³/mol. The SMILES string of the molecule is COCCN(C(=O)N1CCNCC1)C(C)C. The molecule has 0 atom stereocenters. The van der Waals surface area contributed by atoms with E-state index < -0.39 is 0 Å². The molecule has 16 heavy (non-hydrogen) atoms. The summed E-state index contributed by atoms with van der Waals surface area (Å²) in [6.45, 7) is 8.71. The number of ether oxygens (including phenoxy) is 1. The molecule has 0 spiro atoms. The molecule has 1 saturated heterocycles. The van der Waals surface area contributed by atoms with Crippen molar-refractivity contribution in [2.24, 2.45) is 0 Å². The molecule has 1 aliphatic rings. The number of nitrogens with zero attached hydrogens (tertiary/aromatic N) is 2. The number of amides is 2. The molecule has 1 fully saturated rings. The summed E-state index contributed by atoms with van der Waals surface area (Å²) in [5, 5.41) is 3.24. The second-order valence-corrected chi connectivity index (χ2v) is 4.30. The molecule has 0 aromatic rings. The lowest BCUT2D eigenvalue weighted by Crippen LogP contribution is -2.53. The molecule has 1 aliphatic heterocycles. The highest BCUT2D eigenvalue weighted by atomic mass is 16.5. The highest BCUT2D eigenvalue weighted by molar-refractivity contribution is 5.74. The number of hydrogen-bond acceptors (Lipinski definition) is 3. The van der Waals surface area contributed by atoms with E-state index in [0.717, 1.165) is 26.2 Å². The first kappa shape index (κ1) is 13.3. The average Bonchev–Trinajstić information content (AvgIpc) is 2.30. The van der Waals surface area contributed by atoms with E-state index in [2.05, 4.69) is 5.32 Å². The lowest BCUT2D eigenvalue weighted by atomic mass is 10.3. The molecule has 0 saturated carbocycles. The first-order valence-electron chi connectivity index (χ1n) is 5.92. The van der Waals surface area contributed by atoms with E-state index in [1.165, 1.54) is 0 Å². The van der Waals surface area contributed by atoms with Gasteiger partial charge in [-0.2, -0.15) is 0 Å². The van der Waals surface area contributed by atoms with Crippen LogP contribution in [0.15, 0.2) is 0 Å². The zero-order valence-electron chi connectivity index (χ0n) is 10.5. The van der Waals surface area contributed by atoms with Gasteiger partial charge in [-0.15, -0.1) is 0 Å². The maximum atomic E-state index is 12.2. The van der Waals surface area contributed by atoms with Crippen molar-refractivity contribution in [1.29, 1.82) is 0 Å². The molecule has 5 nitrogen and oxygen atoms in total. The first-order valence-corrected chi connectivity index (χ1v) is 5.92. The van der Waals surface area contributed by atoms with Crippen molar-refractivity contribution in [2.75, 3.05) is 46.4 Å². The van der Waals surface area contributed by atoms with Gasteiger partial charge in [-0.3, -0.25) is 0 Å². The number of carbonyl (C=O) groups excluding carboxylic acids is 1. The second kappa shape index (κ2) is 6.70. The fourth-order valence-electron chi connectivity index (χ4n) is 1.80. The van der Waals surface area contributed by atoms with Crippen LogP contribution in [0.3, 0.4) is 0 Å². The normalized spacial score (nSPS) is 16.6. The number of carbonyl (C=O) groups is 1. The van der Waals surface area contributed by atoms with E-state index in [0.29, 0.717) is 13.2 Å². The van der Waals surface area contributed by atoms with Gasteiger partial charge in [0.1, 0.15) is 0 Å². The molecule has 5 heteroatoms. The zero-order chi connectivity index (χ0) is 12.0. The van der Waals surface area contributed by atoms with Crippen LogP contribution in [0.1, 0.15) is 13.8 Å². The lowest BCUT2D eigenvalue weighted by Gasteiger charge is -2.35. The fourth-order valence-corrected chi connectivity index (χ4v) is 1.80. The minimum absolute atomic E-state index is 0.133. The highest BCUT2D eigenvalue weighted by Gasteiger charge is 2.23. The van der Waals surface area contributed by atoms with Gasteiger partial charge in [0, 0.05) is 45.9 Å². The van der Waals surface area contributed by atoms with Crippen LogP contribution in [0.5, 0.6) is 0 Å². The highest BCUT2D eigenvalue weighted by Crippen LogP contribution is 2.05. The zero-order valence-corrected chi connectivity index (χ0v) is 10.5. The van der Waals surface area contributed by atoms with Gasteiger partial charge in [0.15, 0.2) is 0 Å². The largest absolute Gasteiger partial charge is 0.383 e. The van der Waals surface area contributed by atoms with Crippen LogP contribution >= 0.6 is 0 Å². The maximum absolute atomic E-state index is 12.2. The Morgan fingerprint density at radius 1 is 1.44 bits per heavy atom. The Labute approximate surface area is 97.7 Å². The van der Waals surface area contributed by atoms with Gasteiger partial charge in [0.2, 0.25) is 0 Å². The molecule has 1 heterocycles. The Kier molecular flexibility index (Phi) is 5.55. The summed E-state index contributed by atoms with van der Waals surface area (Å²) >= 11 is 0. The number of methoxy groups -OCH3 is 1. The van der Waals surface area contributed by atoms with Gasteiger partial charge in [-0.25, -0.2) is 4.79 Å². The Hall–Kier alpha value is -0.810. The third-order valence-electron chi connectivity index (χ3n) is 2.79. The molecule has 94 valence electrons. The van der Waals surface area contributed by atoms with E-state index in [9.17, 15) is 4.79 Å². The van der Waals surface area contributed by atoms with Crippen molar-refractivity contribution in [3.05, 3.63) is 0 Å². The van der Waals surface area contributed by atoms with Crippen LogP contribution in [-0.4, -0.2) is 68.3 Å². The molecule has 1 N–H and O–H groups in total. The van der Waals surface area contributed by atoms with E-state index >= 15 is 0 Å². The standard InChI is InChI=1S/C11H23N3O2/c1-10(2)14(8-9-16-3)11(15)13-6-4-12-5-7-13/h10,12H,4-9H2,1-3H3. The molecule has 0 aromatic carbocycles. The van der Waals surface area contributed by atoms with Crippen LogP contribution in [0.2, 0.25) is 0 Å². The fraction of sp³-hybridized carbons (Fsp3) is 0.909. The van der Waals surface area contributed by atoms with Crippen LogP contribution in [0, 0.1) is 0 Å². The van der Waals surface area contributed by atoms with E-state index in [1.54, 1.807) is 7.11 Å². The Bertz CT molecular complexity index is 215. The quantitative estimate of drug-likeness (QED) is 0.757. The van der Waals surface area contributed by atoms with E-state index in [4.69, 9.17) is 4.74 Å². The summed E-state index contributed by atoms with van der Waals surface area (Å²) in [5.41, 5.74) is 0. The first-order chi connectivity index (χ1) is 7.66. The number of urea groups is 1. The van der Waals surface area contributed by atoms with E-state index in [1.807, 2.05) is 23.6 Å². The van der Waals surface area contributed by atoms with Crippen molar-refractivity contribution in [3.8, 4) is 0 Å². The van der Waals surface area contributed by atoms with Gasteiger partial charge in [0.05, 0.1) is 6.61 Å². The average molecular weight is 229 g/mol. The van der Waals surface area contributed by atoms with Crippen molar-refractivity contribution >= 4 is 6.03 Å². The van der Waals surface area contributed by atoms with Crippen molar-refractivity contribution in [3.63, 3.8) is 0 Å². The third kappa shape index (κ3) is 3.64. The molecule has 0 unspecified atom stereocenters. The Morgan fingerprint density at radius 2 is 2.06 bits per heavy atom. The van der Waals surface area contributed by atoms with Crippen LogP contribution in [0.4, 0.5) is 4.79 Å². The number of rotatable bonds is 4. The summed E-state index contributed by atoms with van der Waals surface area (Å²) in [6.07, 6.45) is 0. The second-order valence-electron chi connectivity index (χ2n) is 4.30. The molecule has 0 radical (unpaired) electrons. The molecular formula is C11H23N3O2.